The SMILES string of the molecule is CC1(C)c2ccccc2-c2cc3c4ccccc4n(-c4cccc(-c5nc(-c6ccccc6)nc(-c6ccccc6)n5)c4)c3cc21.c1ccc(-c2cc(-c3ccc4oc5ccc(-c6cc(-c7ccccc7)nc(-c7ccccc7)n6)cc5c4c3)nc(-c3ccccc3)n2)cc1.c1ccc(-c2cccc(-c3ccc4c(c3)c3cc(-c5ccccc5)ccc3n4-c3cccc(-c4nc(-c5ccccc5)nc(-c5ccccc5)n4)c3)c2)cc1. The fourth-order valence-corrected chi connectivity index (χ4v) is 20.9. The molecule has 27 aromatic rings. The fourth-order valence-electron chi connectivity index (χ4n) is 20.9. The van der Waals surface area contributed by atoms with Crippen molar-refractivity contribution in [3.63, 3.8) is 0 Å². The lowest BCUT2D eigenvalue weighted by Crippen LogP contribution is -2.14. The number of hydrogen-bond donors (Lipinski definition) is 0. The molecule has 150 heavy (non-hydrogen) atoms. The van der Waals surface area contributed by atoms with Crippen LogP contribution in [0.1, 0.15) is 25.0 Å². The van der Waals surface area contributed by atoms with Crippen LogP contribution < -0.4 is 0 Å². The molecule has 0 aliphatic heterocycles. The van der Waals surface area contributed by atoms with E-state index in [1.54, 1.807) is 0 Å². The summed E-state index contributed by atoms with van der Waals surface area (Å²) in [6, 6.07) is 181. The summed E-state index contributed by atoms with van der Waals surface area (Å²) in [5.41, 5.74) is 35.9. The summed E-state index contributed by atoms with van der Waals surface area (Å²) in [6.07, 6.45) is 0. The molecule has 7 heterocycles. The minimum Gasteiger partial charge on any atom is -0.456 e. The average molecular weight is 1920 g/mol. The van der Waals surface area contributed by atoms with Gasteiger partial charge in [0.25, 0.3) is 0 Å². The number of para-hydroxylation sites is 1. The van der Waals surface area contributed by atoms with Gasteiger partial charge in [-0.3, -0.25) is 0 Å². The van der Waals surface area contributed by atoms with Crippen LogP contribution in [0.4, 0.5) is 0 Å². The van der Waals surface area contributed by atoms with Gasteiger partial charge in [-0.1, -0.05) is 414 Å². The van der Waals surface area contributed by atoms with Crippen molar-refractivity contribution in [2.24, 2.45) is 0 Å². The molecular weight excluding hydrogens is 1830 g/mol. The van der Waals surface area contributed by atoms with Crippen molar-refractivity contribution in [2.75, 3.05) is 0 Å². The molecule has 0 atom stereocenters. The van der Waals surface area contributed by atoms with Crippen LogP contribution >= 0.6 is 0 Å². The van der Waals surface area contributed by atoms with Gasteiger partial charge in [-0.2, -0.15) is 0 Å². The monoisotopic (exact) mass is 1920 g/mol. The number of fused-ring (bicyclic) bond motifs is 12. The van der Waals surface area contributed by atoms with E-state index in [-0.39, 0.29) is 5.41 Å². The highest BCUT2D eigenvalue weighted by molar-refractivity contribution is 6.14. The van der Waals surface area contributed by atoms with Crippen molar-refractivity contribution < 1.29 is 4.42 Å². The Morgan fingerprint density at radius 1 is 0.160 bits per heavy atom. The second-order valence-corrected chi connectivity index (χ2v) is 38.1. The van der Waals surface area contributed by atoms with E-state index in [0.717, 1.165) is 134 Å². The van der Waals surface area contributed by atoms with Gasteiger partial charge in [0.1, 0.15) is 11.2 Å². The predicted octanol–water partition coefficient (Wildman–Crippen LogP) is 34.4. The van der Waals surface area contributed by atoms with Crippen molar-refractivity contribution >= 4 is 65.6 Å². The minimum absolute atomic E-state index is 0.0875. The lowest BCUT2D eigenvalue weighted by atomic mass is 9.82. The normalized spacial score (nSPS) is 11.9. The summed E-state index contributed by atoms with van der Waals surface area (Å²) >= 11 is 0. The van der Waals surface area contributed by atoms with E-state index in [1.165, 1.54) is 88.2 Å². The Hall–Kier alpha value is -20.0. The van der Waals surface area contributed by atoms with Gasteiger partial charge in [-0.05, 0) is 177 Å². The van der Waals surface area contributed by atoms with Crippen LogP contribution in [-0.2, 0) is 5.41 Å². The molecule has 0 radical (unpaired) electrons. The first-order valence-corrected chi connectivity index (χ1v) is 50.5. The van der Waals surface area contributed by atoms with Crippen molar-refractivity contribution in [3.05, 3.63) is 533 Å². The van der Waals surface area contributed by atoms with Gasteiger partial charge < -0.3 is 13.6 Å². The summed E-state index contributed by atoms with van der Waals surface area (Å²) in [4.78, 5) is 49.9. The van der Waals surface area contributed by atoms with Crippen LogP contribution in [0.15, 0.2) is 526 Å². The van der Waals surface area contributed by atoms with E-state index < -0.39 is 0 Å². The Kier molecular flexibility index (Phi) is 23.4. The first-order valence-electron chi connectivity index (χ1n) is 50.5. The third kappa shape index (κ3) is 17.4. The zero-order valence-corrected chi connectivity index (χ0v) is 81.9. The highest BCUT2D eigenvalue weighted by atomic mass is 16.3. The third-order valence-corrected chi connectivity index (χ3v) is 28.4. The zero-order chi connectivity index (χ0) is 100.0. The van der Waals surface area contributed by atoms with Crippen LogP contribution in [0.3, 0.4) is 0 Å². The molecule has 0 saturated heterocycles. The van der Waals surface area contributed by atoms with E-state index in [9.17, 15) is 0 Å². The zero-order valence-electron chi connectivity index (χ0n) is 81.9. The Bertz CT molecular complexity index is 9340. The molecule has 20 aromatic carbocycles. The van der Waals surface area contributed by atoms with Gasteiger partial charge in [0.05, 0.1) is 44.8 Å². The van der Waals surface area contributed by atoms with Crippen molar-refractivity contribution in [2.45, 2.75) is 19.3 Å². The molecule has 1 aliphatic carbocycles. The molecule has 0 bridgehead atoms. The fraction of sp³-hybridized carbons (Fsp3) is 0.0219. The molecule has 0 saturated carbocycles. The number of aromatic nitrogens is 12. The average Bonchev–Trinajstić information content (AvgIpc) is 1.55. The summed E-state index contributed by atoms with van der Waals surface area (Å²) in [5.74, 6) is 5.24. The summed E-state index contributed by atoms with van der Waals surface area (Å²) in [6.45, 7) is 4.68. The van der Waals surface area contributed by atoms with Gasteiger partial charge >= 0.3 is 0 Å². The third-order valence-electron chi connectivity index (χ3n) is 28.4. The van der Waals surface area contributed by atoms with Crippen LogP contribution in [0.2, 0.25) is 0 Å². The van der Waals surface area contributed by atoms with E-state index >= 15 is 0 Å². The first-order chi connectivity index (χ1) is 74.1. The van der Waals surface area contributed by atoms with Crippen molar-refractivity contribution in [1.29, 1.82) is 0 Å². The Morgan fingerprint density at radius 2 is 0.440 bits per heavy atom. The second-order valence-electron chi connectivity index (χ2n) is 38.1. The molecule has 706 valence electrons. The Labute approximate surface area is 867 Å². The maximum atomic E-state index is 6.34. The van der Waals surface area contributed by atoms with Crippen molar-refractivity contribution in [1.82, 2.24) is 59.0 Å². The number of nitrogens with zero attached hydrogens (tertiary/aromatic N) is 12. The van der Waals surface area contributed by atoms with Gasteiger partial charge in [-0.15, -0.1) is 0 Å². The Balaban J connectivity index is 0.000000114. The molecular formula is C137H92N12O. The largest absolute Gasteiger partial charge is 0.456 e. The molecule has 13 heteroatoms. The minimum atomic E-state index is -0.0875. The molecule has 0 N–H and O–H groups in total. The molecule has 0 fully saturated rings. The highest BCUT2D eigenvalue weighted by Gasteiger charge is 2.37. The standard InChI is InChI=1S/C51H34N4.C44H28N4O.C42H30N4/c1-5-15-35(16-6-1)39-23-13-24-40(31-39)42-28-30-48-46(34-42)45-33-41(36-17-7-2-8-18-36)27-29-47(45)55(48)44-26-14-25-43(32-44)51-53-49(37-19-9-3-10-20-37)52-50(54-51)38-21-11-4-12-22-38;1-5-13-29(14-6-1)37-27-39(47-43(45-37)31-17-9-3-10-18-31)33-21-23-41-35(25-33)36-26-34(22-24-42(36)49-41)40-28-38(30-15-7-2-8-16-30)46-44(48-40)32-19-11-4-12-20-32;1-42(2)35-22-11-9-20-31(35)33-25-34-32-21-10-12-23-37(32)46(38(34)26-36(33)42)30-19-13-18-29(24-30)41-44-39(27-14-5-3-6-15-27)43-40(45-41)28-16-7-4-8-17-28/h1-34H;1-28H;3-26H,1-2H3. The van der Waals surface area contributed by atoms with E-state index in [0.29, 0.717) is 46.6 Å². The number of furan rings is 1. The van der Waals surface area contributed by atoms with Gasteiger partial charge in [0.15, 0.2) is 46.6 Å². The molecule has 0 unspecified atom stereocenters. The molecule has 28 rings (SSSR count). The number of benzene rings is 20. The molecule has 0 spiro atoms. The van der Waals surface area contributed by atoms with Crippen LogP contribution in [0, 0.1) is 0 Å². The van der Waals surface area contributed by atoms with Gasteiger partial charge in [0, 0.05) is 116 Å². The predicted molar refractivity (Wildman–Crippen MR) is 612 cm³/mol. The smallest absolute Gasteiger partial charge is 0.164 e. The number of hydrogen-bond acceptors (Lipinski definition) is 11. The summed E-state index contributed by atoms with van der Waals surface area (Å²) < 4.78 is 11.1. The van der Waals surface area contributed by atoms with Crippen LogP contribution in [0.25, 0.3) is 258 Å². The van der Waals surface area contributed by atoms with Crippen LogP contribution in [-0.4, -0.2) is 59.0 Å². The second kappa shape index (κ2) is 38.9. The van der Waals surface area contributed by atoms with Crippen molar-refractivity contribution in [3.8, 4) is 192 Å². The van der Waals surface area contributed by atoms with Gasteiger partial charge in [0.2, 0.25) is 0 Å². The first kappa shape index (κ1) is 90.0. The molecule has 1 aliphatic rings. The molecule has 13 nitrogen and oxygen atoms in total. The van der Waals surface area contributed by atoms with E-state index in [4.69, 9.17) is 54.3 Å². The lowest BCUT2D eigenvalue weighted by Gasteiger charge is -2.21. The Morgan fingerprint density at radius 3 is 0.853 bits per heavy atom. The van der Waals surface area contributed by atoms with Crippen LogP contribution in [0.5, 0.6) is 0 Å². The summed E-state index contributed by atoms with van der Waals surface area (Å²) in [5, 5.41) is 6.91. The van der Waals surface area contributed by atoms with E-state index in [1.807, 2.05) is 231 Å². The quantitative estimate of drug-likeness (QED) is 0.0856. The summed E-state index contributed by atoms with van der Waals surface area (Å²) in [7, 11) is 0. The maximum absolute atomic E-state index is 6.34. The van der Waals surface area contributed by atoms with E-state index in [2.05, 4.69) is 314 Å². The molecule has 0 amide bonds. The van der Waals surface area contributed by atoms with Gasteiger partial charge in [-0.25, -0.2) is 49.8 Å². The highest BCUT2D eigenvalue weighted by Crippen LogP contribution is 2.52. The number of rotatable bonds is 17. The maximum Gasteiger partial charge on any atom is 0.164 e. The molecule has 7 aromatic heterocycles. The topological polar surface area (TPSA) is 152 Å². The lowest BCUT2D eigenvalue weighted by molar-refractivity contribution is 0.661.